The fourth-order valence-electron chi connectivity index (χ4n) is 2.61. The van der Waals surface area contributed by atoms with Crippen LogP contribution in [0.1, 0.15) is 11.1 Å². The van der Waals surface area contributed by atoms with Crippen molar-refractivity contribution in [2.24, 2.45) is 0 Å². The quantitative estimate of drug-likeness (QED) is 0.239. The molecule has 118 valence electrons. The van der Waals surface area contributed by atoms with Crippen molar-refractivity contribution in [1.82, 2.24) is 0 Å². The number of benzene rings is 2. The molecule has 4 aromatic rings. The van der Waals surface area contributed by atoms with Gasteiger partial charge in [-0.05, 0) is 0 Å². The first kappa shape index (κ1) is 22.0. The molecule has 4 aromatic carbocycles. The number of fused-ring (bicyclic) bond motifs is 2. The van der Waals surface area contributed by atoms with E-state index in [0.29, 0.717) is 0 Å². The molecule has 0 N–H and O–H groups in total. The van der Waals surface area contributed by atoms with Gasteiger partial charge >= 0.3 is 21.7 Å². The minimum absolute atomic E-state index is 0. The molecule has 0 nitrogen and oxygen atoms in total. The van der Waals surface area contributed by atoms with Crippen LogP contribution in [0.5, 0.6) is 0 Å². The predicted molar refractivity (Wildman–Crippen MR) is 103 cm³/mol. The molecule has 0 saturated heterocycles. The average Bonchev–Trinajstić information content (AvgIpc) is 3.05. The average molecular weight is 379 g/mol. The summed E-state index contributed by atoms with van der Waals surface area (Å²) in [4.78, 5) is 0. The summed E-state index contributed by atoms with van der Waals surface area (Å²) >= 11 is 0. The third kappa shape index (κ3) is 4.96. The first-order valence-corrected chi connectivity index (χ1v) is 6.98. The van der Waals surface area contributed by atoms with Gasteiger partial charge in [0, 0.05) is 0 Å². The number of rotatable bonds is 0. The molecule has 4 rings (SSSR count). The van der Waals surface area contributed by atoms with Crippen molar-refractivity contribution in [3.8, 4) is 0 Å². The Morgan fingerprint density at radius 1 is 0.565 bits per heavy atom. The second-order valence-electron chi connectivity index (χ2n) is 5.21. The number of halogens is 2. The van der Waals surface area contributed by atoms with Crippen molar-refractivity contribution in [2.45, 2.75) is 13.8 Å². The largest absolute Gasteiger partial charge is 2.00 e. The van der Waals surface area contributed by atoms with Crippen LogP contribution >= 0.6 is 24.8 Å². The summed E-state index contributed by atoms with van der Waals surface area (Å²) in [5.41, 5.74) is 2.74. The van der Waals surface area contributed by atoms with Crippen molar-refractivity contribution in [3.63, 3.8) is 0 Å². The molecule has 0 saturated carbocycles. The van der Waals surface area contributed by atoms with Crippen LogP contribution < -0.4 is 0 Å². The topological polar surface area (TPSA) is 0 Å². The first-order chi connectivity index (χ1) is 9.75. The number of hydrogen-bond acceptors (Lipinski definition) is 0. The van der Waals surface area contributed by atoms with E-state index in [-0.39, 0.29) is 46.5 Å². The van der Waals surface area contributed by atoms with E-state index in [4.69, 9.17) is 0 Å². The second kappa shape index (κ2) is 9.95. The molecule has 0 fully saturated rings. The van der Waals surface area contributed by atoms with Crippen LogP contribution in [-0.4, -0.2) is 0 Å². The van der Waals surface area contributed by atoms with E-state index in [2.05, 4.69) is 86.6 Å². The van der Waals surface area contributed by atoms with Crippen molar-refractivity contribution in [3.05, 3.63) is 83.9 Å². The molecule has 0 spiro atoms. The van der Waals surface area contributed by atoms with Gasteiger partial charge in [0.2, 0.25) is 0 Å². The molecule has 0 heterocycles. The monoisotopic (exact) mass is 378 g/mol. The van der Waals surface area contributed by atoms with Gasteiger partial charge in [0.1, 0.15) is 0 Å². The molecule has 23 heavy (non-hydrogen) atoms. The summed E-state index contributed by atoms with van der Waals surface area (Å²) in [5, 5.41) is 5.45. The van der Waals surface area contributed by atoms with Gasteiger partial charge in [-0.1, -0.05) is 26.0 Å². The molecule has 0 aliphatic carbocycles. The minimum Gasteiger partial charge on any atom is -0.168 e. The van der Waals surface area contributed by atoms with E-state index in [0.717, 1.165) is 0 Å². The molecule has 0 aliphatic heterocycles. The summed E-state index contributed by atoms with van der Waals surface area (Å²) in [6.07, 6.45) is 0. The van der Waals surface area contributed by atoms with E-state index in [1.165, 1.54) is 32.7 Å². The van der Waals surface area contributed by atoms with Crippen LogP contribution in [0.25, 0.3) is 21.5 Å². The Morgan fingerprint density at radius 2 is 0.913 bits per heavy atom. The van der Waals surface area contributed by atoms with Crippen molar-refractivity contribution >= 4 is 46.4 Å². The summed E-state index contributed by atoms with van der Waals surface area (Å²) < 4.78 is 0. The molecular weight excluding hydrogens is 359 g/mol. The minimum atomic E-state index is 0. The fraction of sp³-hybridized carbons (Fsp3) is 0.100. The summed E-state index contributed by atoms with van der Waals surface area (Å²) in [7, 11) is 0. The van der Waals surface area contributed by atoms with Gasteiger partial charge in [-0.2, -0.15) is 24.3 Å². The van der Waals surface area contributed by atoms with Crippen molar-refractivity contribution in [1.29, 1.82) is 0 Å². The SMILES string of the molecule is C[c-]1ccc2ccccc21.C[c-]1ccc2ccccc21.Cl.Cl.[Ti+2]. The summed E-state index contributed by atoms with van der Waals surface area (Å²) in [6.45, 7) is 4.28. The van der Waals surface area contributed by atoms with Crippen LogP contribution in [-0.2, 0) is 21.7 Å². The Labute approximate surface area is 165 Å². The van der Waals surface area contributed by atoms with Crippen LogP contribution in [0.2, 0.25) is 0 Å². The van der Waals surface area contributed by atoms with Gasteiger partial charge in [-0.3, -0.25) is 0 Å². The van der Waals surface area contributed by atoms with Gasteiger partial charge in [0.05, 0.1) is 0 Å². The maximum atomic E-state index is 2.16. The van der Waals surface area contributed by atoms with Gasteiger partial charge in [0.25, 0.3) is 0 Å². The van der Waals surface area contributed by atoms with Crippen LogP contribution in [0.4, 0.5) is 0 Å². The van der Waals surface area contributed by atoms with E-state index in [1.54, 1.807) is 0 Å². The number of aryl methyl sites for hydroxylation is 2. The fourth-order valence-corrected chi connectivity index (χ4v) is 2.61. The smallest absolute Gasteiger partial charge is 0.168 e. The molecule has 0 bridgehead atoms. The zero-order chi connectivity index (χ0) is 13.9. The van der Waals surface area contributed by atoms with E-state index in [1.807, 2.05) is 0 Å². The Bertz CT molecular complexity index is 771. The maximum Gasteiger partial charge on any atom is 2.00 e. The molecule has 0 aliphatic rings. The molecule has 0 unspecified atom stereocenters. The van der Waals surface area contributed by atoms with E-state index in [9.17, 15) is 0 Å². The first-order valence-electron chi connectivity index (χ1n) is 6.98. The third-order valence-corrected chi connectivity index (χ3v) is 3.80. The van der Waals surface area contributed by atoms with Gasteiger partial charge in [-0.15, -0.1) is 93.9 Å². The Balaban J connectivity index is 0.000000372. The predicted octanol–water partition coefficient (Wildman–Crippen LogP) is 6.58. The zero-order valence-electron chi connectivity index (χ0n) is 13.2. The molecule has 0 radical (unpaired) electrons. The third-order valence-electron chi connectivity index (χ3n) is 3.80. The normalized spacial score (nSPS) is 9.13. The molecule has 0 atom stereocenters. The standard InChI is InChI=1S/2C10H9.2ClH.Ti/c2*1-8-6-7-9-4-2-3-5-10(8)9;;;/h2*2-7H,1H3;2*1H;/q2*-1;;;+2. The zero-order valence-corrected chi connectivity index (χ0v) is 16.4. The van der Waals surface area contributed by atoms with Gasteiger partial charge in [-0.25, -0.2) is 0 Å². The molecular formula is C20H20Cl2Ti. The Kier molecular flexibility index (Phi) is 9.50. The summed E-state index contributed by atoms with van der Waals surface area (Å²) in [6, 6.07) is 25.5. The second-order valence-corrected chi connectivity index (χ2v) is 5.21. The van der Waals surface area contributed by atoms with Crippen LogP contribution in [0.15, 0.2) is 72.8 Å². The molecule has 3 heteroatoms. The molecule has 0 amide bonds. The summed E-state index contributed by atoms with van der Waals surface area (Å²) in [5.74, 6) is 0. The van der Waals surface area contributed by atoms with Crippen LogP contribution in [0.3, 0.4) is 0 Å². The van der Waals surface area contributed by atoms with Crippen molar-refractivity contribution in [2.75, 3.05) is 0 Å². The van der Waals surface area contributed by atoms with Gasteiger partial charge < -0.3 is 0 Å². The molecule has 0 aromatic heterocycles. The Morgan fingerprint density at radius 3 is 1.26 bits per heavy atom. The Hall–Kier alpha value is -1.05. The van der Waals surface area contributed by atoms with Crippen LogP contribution in [0, 0.1) is 13.8 Å². The maximum absolute atomic E-state index is 2.16. The number of hydrogen-bond donors (Lipinski definition) is 0. The van der Waals surface area contributed by atoms with E-state index >= 15 is 0 Å². The van der Waals surface area contributed by atoms with Crippen molar-refractivity contribution < 1.29 is 21.7 Å². The van der Waals surface area contributed by atoms with E-state index < -0.39 is 0 Å². The van der Waals surface area contributed by atoms with Gasteiger partial charge in [0.15, 0.2) is 0 Å².